The van der Waals surface area contributed by atoms with Crippen molar-refractivity contribution in [2.24, 2.45) is 5.92 Å². The molecule has 3 aromatic carbocycles. The van der Waals surface area contributed by atoms with E-state index >= 15 is 0 Å². The lowest BCUT2D eigenvalue weighted by atomic mass is 9.96. The van der Waals surface area contributed by atoms with Crippen LogP contribution < -0.4 is 15.4 Å². The maximum absolute atomic E-state index is 13.6. The molecule has 1 amide bonds. The zero-order chi connectivity index (χ0) is 28.2. The minimum Gasteiger partial charge on any atom is -0.492 e. The average Bonchev–Trinajstić information content (AvgIpc) is 3.62. The number of nitrogens with one attached hydrogen (secondary N) is 2. The van der Waals surface area contributed by atoms with Crippen molar-refractivity contribution in [3.05, 3.63) is 77.6 Å². The highest BCUT2D eigenvalue weighted by Gasteiger charge is 2.23. The van der Waals surface area contributed by atoms with E-state index in [4.69, 9.17) is 9.15 Å². The van der Waals surface area contributed by atoms with E-state index < -0.39 is 0 Å². The van der Waals surface area contributed by atoms with Crippen LogP contribution >= 0.6 is 0 Å². The summed E-state index contributed by atoms with van der Waals surface area (Å²) in [5.74, 6) is 0.850. The summed E-state index contributed by atoms with van der Waals surface area (Å²) in [6, 6.07) is 17.5. The van der Waals surface area contributed by atoms with Crippen LogP contribution in [0.2, 0.25) is 0 Å². The van der Waals surface area contributed by atoms with Crippen molar-refractivity contribution < 1.29 is 23.1 Å². The normalized spacial score (nSPS) is 15.1. The number of Topliss-reactive ketones (excluding diaryl/α,β-unsaturated/α-hetero) is 1. The number of ketones is 1. The molecule has 208 valence electrons. The van der Waals surface area contributed by atoms with Gasteiger partial charge in [-0.15, -0.1) is 0 Å². The Morgan fingerprint density at radius 3 is 2.52 bits per heavy atom. The van der Waals surface area contributed by atoms with E-state index in [0.717, 1.165) is 36.9 Å². The van der Waals surface area contributed by atoms with Gasteiger partial charge in [0, 0.05) is 36.0 Å². The summed E-state index contributed by atoms with van der Waals surface area (Å²) >= 11 is 0. The topological polar surface area (TPSA) is 80.6 Å². The third-order valence-corrected chi connectivity index (χ3v) is 7.37. The summed E-state index contributed by atoms with van der Waals surface area (Å²) in [6.45, 7) is 5.74. The van der Waals surface area contributed by atoms with Crippen LogP contribution in [0.3, 0.4) is 0 Å². The molecule has 0 saturated carbocycles. The second kappa shape index (κ2) is 12.0. The van der Waals surface area contributed by atoms with Crippen molar-refractivity contribution in [1.29, 1.82) is 0 Å². The summed E-state index contributed by atoms with van der Waals surface area (Å²) in [5, 5.41) is 6.77. The lowest BCUT2D eigenvalue weighted by Gasteiger charge is -2.15. The Hall–Kier alpha value is -3.97. The minimum atomic E-state index is -0.367. The highest BCUT2D eigenvalue weighted by Crippen LogP contribution is 2.37. The molecule has 2 N–H and O–H groups in total. The van der Waals surface area contributed by atoms with Crippen LogP contribution in [0.1, 0.15) is 60.2 Å². The number of carbonyl (C=O) groups excluding carboxylic acids is 2. The molecular formula is C33H35FN2O4. The molecule has 1 aliphatic rings. The van der Waals surface area contributed by atoms with Gasteiger partial charge in [-0.05, 0) is 97.4 Å². The number of halogens is 1. The second-order valence-electron chi connectivity index (χ2n) is 10.8. The minimum absolute atomic E-state index is 0.0772. The largest absolute Gasteiger partial charge is 0.492 e. The SMILES string of the molecule is CNC(=O)c1c(-c2ccc(F)cc2)oc2ccc(-c3cc(OC[C@@H]4CCCN4)cc(C(=O)CCC(C)C)c3)cc12. The summed E-state index contributed by atoms with van der Waals surface area (Å²) in [7, 11) is 1.56. The van der Waals surface area contributed by atoms with Crippen LogP contribution in [0.25, 0.3) is 33.4 Å². The third kappa shape index (κ3) is 6.10. The van der Waals surface area contributed by atoms with Gasteiger partial charge >= 0.3 is 0 Å². The molecule has 1 fully saturated rings. The van der Waals surface area contributed by atoms with E-state index in [2.05, 4.69) is 24.5 Å². The lowest BCUT2D eigenvalue weighted by molar-refractivity contribution is 0.0960. The van der Waals surface area contributed by atoms with Gasteiger partial charge in [0.2, 0.25) is 0 Å². The van der Waals surface area contributed by atoms with E-state index in [0.29, 0.717) is 64.2 Å². The van der Waals surface area contributed by atoms with E-state index in [1.54, 1.807) is 19.2 Å². The van der Waals surface area contributed by atoms with Crippen molar-refractivity contribution in [3.8, 4) is 28.2 Å². The van der Waals surface area contributed by atoms with Crippen molar-refractivity contribution >= 4 is 22.7 Å². The standard InChI is InChI=1S/C33H35FN2O4/c1-20(2)6-12-29(37)24-15-23(16-27(17-24)39-19-26-5-4-14-36-26)22-9-13-30-28(18-22)31(33(38)35-3)32(40-30)21-7-10-25(34)11-8-21/h7-11,13,15-18,20,26,36H,4-6,12,14,19H2,1-3H3,(H,35,38)/t26-/m0/s1. The summed E-state index contributed by atoms with van der Waals surface area (Å²) in [5.41, 5.74) is 3.77. The van der Waals surface area contributed by atoms with Crippen molar-refractivity contribution in [2.75, 3.05) is 20.2 Å². The molecule has 40 heavy (non-hydrogen) atoms. The first-order chi connectivity index (χ1) is 19.3. The number of carbonyl (C=O) groups is 2. The predicted octanol–water partition coefficient (Wildman–Crippen LogP) is 7.02. The molecule has 4 aromatic rings. The molecule has 1 aromatic heterocycles. The van der Waals surface area contributed by atoms with Crippen molar-refractivity contribution in [3.63, 3.8) is 0 Å². The van der Waals surface area contributed by atoms with E-state index in [1.807, 2.05) is 36.4 Å². The molecule has 0 spiro atoms. The third-order valence-electron chi connectivity index (χ3n) is 7.37. The number of ether oxygens (including phenoxy) is 1. The first kappa shape index (κ1) is 27.6. The zero-order valence-electron chi connectivity index (χ0n) is 23.2. The number of amides is 1. The van der Waals surface area contributed by atoms with Gasteiger partial charge in [-0.25, -0.2) is 4.39 Å². The van der Waals surface area contributed by atoms with Gasteiger partial charge in [-0.1, -0.05) is 19.9 Å². The number of rotatable bonds is 10. The summed E-state index contributed by atoms with van der Waals surface area (Å²) < 4.78 is 25.9. The fourth-order valence-corrected chi connectivity index (χ4v) is 5.10. The summed E-state index contributed by atoms with van der Waals surface area (Å²) in [6.07, 6.45) is 3.47. The smallest absolute Gasteiger partial charge is 0.255 e. The van der Waals surface area contributed by atoms with Crippen LogP contribution in [0.5, 0.6) is 5.75 Å². The molecule has 1 aliphatic heterocycles. The maximum atomic E-state index is 13.6. The molecule has 0 unspecified atom stereocenters. The molecule has 2 heterocycles. The van der Waals surface area contributed by atoms with E-state index in [1.165, 1.54) is 12.1 Å². The first-order valence-corrected chi connectivity index (χ1v) is 13.9. The number of hydrogen-bond acceptors (Lipinski definition) is 5. The van der Waals surface area contributed by atoms with Crippen molar-refractivity contribution in [1.82, 2.24) is 10.6 Å². The summed E-state index contributed by atoms with van der Waals surface area (Å²) in [4.78, 5) is 26.2. The van der Waals surface area contributed by atoms with Crippen LogP contribution in [0.4, 0.5) is 4.39 Å². The maximum Gasteiger partial charge on any atom is 0.255 e. The fraction of sp³-hybridized carbons (Fsp3) is 0.333. The zero-order valence-corrected chi connectivity index (χ0v) is 23.2. The average molecular weight is 543 g/mol. The number of hydrogen-bond donors (Lipinski definition) is 2. The van der Waals surface area contributed by atoms with Crippen molar-refractivity contribution in [2.45, 2.75) is 45.6 Å². The van der Waals surface area contributed by atoms with Gasteiger partial charge in [0.1, 0.15) is 29.5 Å². The van der Waals surface area contributed by atoms with Crippen LogP contribution in [-0.4, -0.2) is 37.9 Å². The fourth-order valence-electron chi connectivity index (χ4n) is 5.10. The predicted molar refractivity (Wildman–Crippen MR) is 155 cm³/mol. The lowest BCUT2D eigenvalue weighted by Crippen LogP contribution is -2.28. The van der Waals surface area contributed by atoms with Gasteiger partial charge < -0.3 is 19.8 Å². The Balaban J connectivity index is 1.57. The Kier molecular flexibility index (Phi) is 8.31. The monoisotopic (exact) mass is 542 g/mol. The molecule has 1 atom stereocenters. The Morgan fingerprint density at radius 1 is 1.05 bits per heavy atom. The molecular weight excluding hydrogens is 507 g/mol. The van der Waals surface area contributed by atoms with Gasteiger partial charge in [0.25, 0.3) is 5.91 Å². The van der Waals surface area contributed by atoms with Gasteiger partial charge in [-0.3, -0.25) is 9.59 Å². The molecule has 0 aliphatic carbocycles. The van der Waals surface area contributed by atoms with Gasteiger partial charge in [0.15, 0.2) is 5.78 Å². The Labute approximate surface area is 233 Å². The van der Waals surface area contributed by atoms with E-state index in [-0.39, 0.29) is 17.5 Å². The van der Waals surface area contributed by atoms with Crippen LogP contribution in [0.15, 0.2) is 65.1 Å². The Morgan fingerprint density at radius 2 is 1.82 bits per heavy atom. The van der Waals surface area contributed by atoms with E-state index in [9.17, 15) is 14.0 Å². The van der Waals surface area contributed by atoms with Gasteiger partial charge in [-0.2, -0.15) is 0 Å². The molecule has 5 rings (SSSR count). The Bertz CT molecular complexity index is 1520. The number of benzene rings is 3. The molecule has 1 saturated heterocycles. The quantitative estimate of drug-likeness (QED) is 0.211. The van der Waals surface area contributed by atoms with Crippen LogP contribution in [-0.2, 0) is 0 Å². The van der Waals surface area contributed by atoms with Crippen LogP contribution in [0, 0.1) is 11.7 Å². The first-order valence-electron chi connectivity index (χ1n) is 13.9. The number of furan rings is 1. The second-order valence-corrected chi connectivity index (χ2v) is 10.8. The molecule has 7 heteroatoms. The number of fused-ring (bicyclic) bond motifs is 1. The molecule has 6 nitrogen and oxygen atoms in total. The molecule has 0 bridgehead atoms. The highest BCUT2D eigenvalue weighted by molar-refractivity contribution is 6.12. The highest BCUT2D eigenvalue weighted by atomic mass is 19.1. The van der Waals surface area contributed by atoms with Gasteiger partial charge in [0.05, 0.1) is 5.56 Å². The molecule has 0 radical (unpaired) electrons.